The van der Waals surface area contributed by atoms with Crippen molar-refractivity contribution in [2.45, 2.75) is 38.3 Å². The number of aromatic nitrogens is 2. The second kappa shape index (κ2) is 8.95. The Morgan fingerprint density at radius 2 is 1.91 bits per heavy atom. The van der Waals surface area contributed by atoms with E-state index in [1.165, 1.54) is 23.4 Å². The van der Waals surface area contributed by atoms with Gasteiger partial charge in [0.1, 0.15) is 17.5 Å². The number of anilines is 3. The summed E-state index contributed by atoms with van der Waals surface area (Å²) in [6, 6.07) is 15.8. The van der Waals surface area contributed by atoms with E-state index in [-0.39, 0.29) is 0 Å². The Morgan fingerprint density at radius 1 is 1.12 bits per heavy atom. The molecule has 0 atom stereocenters. The van der Waals surface area contributed by atoms with Gasteiger partial charge in [0.2, 0.25) is 0 Å². The Morgan fingerprint density at radius 3 is 2.67 bits per heavy atom. The summed E-state index contributed by atoms with van der Waals surface area (Å²) < 4.78 is 2.05. The number of rotatable bonds is 5. The quantitative estimate of drug-likeness (QED) is 0.648. The second-order valence-electron chi connectivity index (χ2n) is 9.48. The number of hydrogen-bond acceptors (Lipinski definition) is 6. The third kappa shape index (κ3) is 4.00. The summed E-state index contributed by atoms with van der Waals surface area (Å²) in [6.07, 6.45) is 4.53. The van der Waals surface area contributed by atoms with Gasteiger partial charge in [-0.1, -0.05) is 18.2 Å². The van der Waals surface area contributed by atoms with Gasteiger partial charge in [-0.2, -0.15) is 5.26 Å². The lowest BCUT2D eigenvalue weighted by atomic mass is 10.0. The summed E-state index contributed by atoms with van der Waals surface area (Å²) in [7, 11) is 6.41. The van der Waals surface area contributed by atoms with E-state index < -0.39 is 0 Å². The normalized spacial score (nSPS) is 16.5. The first-order valence-electron chi connectivity index (χ1n) is 12.0. The molecule has 0 bridgehead atoms. The Labute approximate surface area is 196 Å². The van der Waals surface area contributed by atoms with Crippen LogP contribution >= 0.6 is 0 Å². The lowest BCUT2D eigenvalue weighted by Gasteiger charge is -2.36. The summed E-state index contributed by atoms with van der Waals surface area (Å²) in [5, 5.41) is 13.7. The fraction of sp³-hybridized carbons (Fsp3) is 0.462. The Bertz CT molecular complexity index is 1180. The molecule has 7 nitrogen and oxygen atoms in total. The van der Waals surface area contributed by atoms with Gasteiger partial charge in [0.15, 0.2) is 5.69 Å². The van der Waals surface area contributed by atoms with Crippen LogP contribution in [0.15, 0.2) is 36.4 Å². The average molecular weight is 444 g/mol. The maximum absolute atomic E-state index is 10.2. The SMILES string of the molecule is CN(Cc1nc2cccc(N3CCC(N(C)C)CC3)n2c1C#N)c1cccc2c1NCCC2. The number of pyridine rings is 1. The van der Waals surface area contributed by atoms with Crippen molar-refractivity contribution in [3.05, 3.63) is 53.3 Å². The van der Waals surface area contributed by atoms with Gasteiger partial charge < -0.3 is 20.0 Å². The van der Waals surface area contributed by atoms with Crippen LogP contribution in [-0.4, -0.2) is 61.1 Å². The highest BCUT2D eigenvalue weighted by Gasteiger charge is 2.25. The maximum atomic E-state index is 10.2. The molecule has 0 spiro atoms. The van der Waals surface area contributed by atoms with Gasteiger partial charge in [-0.3, -0.25) is 4.40 Å². The van der Waals surface area contributed by atoms with Crippen LogP contribution in [0.1, 0.15) is 36.2 Å². The topological polar surface area (TPSA) is 62.8 Å². The first-order chi connectivity index (χ1) is 16.1. The van der Waals surface area contributed by atoms with Gasteiger partial charge in [0.25, 0.3) is 0 Å². The fourth-order valence-electron chi connectivity index (χ4n) is 5.33. The van der Waals surface area contributed by atoms with Crippen molar-refractivity contribution >= 4 is 22.8 Å². The summed E-state index contributed by atoms with van der Waals surface area (Å²) in [5.41, 5.74) is 6.06. The standard InChI is InChI=1S/C26H33N7/c1-30(2)20-12-15-32(16-13-20)25-11-5-10-24-29-21(23(17-27)33(24)25)18-31(3)22-9-4-7-19-8-6-14-28-26(19)22/h4-5,7,9-11,20,28H,6,8,12-16,18H2,1-3H3. The Hall–Kier alpha value is -3.24. The Kier molecular flexibility index (Phi) is 5.86. The molecule has 0 saturated carbocycles. The van der Waals surface area contributed by atoms with Gasteiger partial charge in [-0.15, -0.1) is 0 Å². The maximum Gasteiger partial charge on any atom is 0.151 e. The molecule has 0 amide bonds. The van der Waals surface area contributed by atoms with Crippen LogP contribution in [0.4, 0.5) is 17.2 Å². The molecule has 7 heteroatoms. The molecular weight excluding hydrogens is 410 g/mol. The molecular formula is C26H33N7. The number of nitrogens with one attached hydrogen (secondary N) is 1. The zero-order valence-corrected chi connectivity index (χ0v) is 19.9. The van der Waals surface area contributed by atoms with E-state index in [0.29, 0.717) is 18.3 Å². The summed E-state index contributed by atoms with van der Waals surface area (Å²) >= 11 is 0. The zero-order chi connectivity index (χ0) is 22.9. The highest BCUT2D eigenvalue weighted by Crippen LogP contribution is 2.33. The third-order valence-corrected chi connectivity index (χ3v) is 7.17. The lowest BCUT2D eigenvalue weighted by Crippen LogP contribution is -2.42. The number of aryl methyl sites for hydroxylation is 1. The molecule has 0 unspecified atom stereocenters. The molecule has 1 N–H and O–H groups in total. The molecule has 172 valence electrons. The first kappa shape index (κ1) is 21.6. The van der Waals surface area contributed by atoms with Crippen molar-refractivity contribution in [3.8, 4) is 6.07 Å². The molecule has 1 fully saturated rings. The van der Waals surface area contributed by atoms with Gasteiger partial charge in [0, 0.05) is 32.7 Å². The second-order valence-corrected chi connectivity index (χ2v) is 9.48. The predicted octanol–water partition coefficient (Wildman–Crippen LogP) is 3.73. The highest BCUT2D eigenvalue weighted by atomic mass is 15.3. The highest BCUT2D eigenvalue weighted by molar-refractivity contribution is 5.74. The van der Waals surface area contributed by atoms with Crippen LogP contribution in [0.2, 0.25) is 0 Å². The summed E-state index contributed by atoms with van der Waals surface area (Å²) in [4.78, 5) is 11.8. The molecule has 1 aromatic carbocycles. The van der Waals surface area contributed by atoms with E-state index in [2.05, 4.69) is 82.0 Å². The van der Waals surface area contributed by atoms with Crippen molar-refractivity contribution in [1.29, 1.82) is 5.26 Å². The molecule has 5 rings (SSSR count). The monoisotopic (exact) mass is 443 g/mol. The Balaban J connectivity index is 1.46. The van der Waals surface area contributed by atoms with E-state index in [0.717, 1.165) is 56.1 Å². The van der Waals surface area contributed by atoms with E-state index in [9.17, 15) is 5.26 Å². The van der Waals surface area contributed by atoms with Crippen LogP contribution in [0, 0.1) is 11.3 Å². The molecule has 3 aromatic rings. The molecule has 2 aliphatic rings. The van der Waals surface area contributed by atoms with Gasteiger partial charge in [-0.05, 0) is 63.5 Å². The minimum absolute atomic E-state index is 0.588. The average Bonchev–Trinajstić information content (AvgIpc) is 3.20. The number of nitriles is 1. The van der Waals surface area contributed by atoms with Gasteiger partial charge in [-0.25, -0.2) is 4.98 Å². The van der Waals surface area contributed by atoms with Crippen LogP contribution in [0.5, 0.6) is 0 Å². The van der Waals surface area contributed by atoms with Gasteiger partial charge in [0.05, 0.1) is 23.6 Å². The van der Waals surface area contributed by atoms with Crippen LogP contribution < -0.4 is 15.1 Å². The summed E-state index contributed by atoms with van der Waals surface area (Å²) in [6.45, 7) is 3.57. The van der Waals surface area contributed by atoms with Crippen molar-refractivity contribution in [2.24, 2.45) is 0 Å². The van der Waals surface area contributed by atoms with Crippen molar-refractivity contribution in [3.63, 3.8) is 0 Å². The molecule has 1 saturated heterocycles. The number of benzene rings is 1. The molecule has 2 aromatic heterocycles. The molecule has 2 aliphatic heterocycles. The number of para-hydroxylation sites is 1. The number of hydrogen-bond donors (Lipinski definition) is 1. The number of fused-ring (bicyclic) bond motifs is 2. The van der Waals surface area contributed by atoms with Crippen molar-refractivity contribution < 1.29 is 0 Å². The zero-order valence-electron chi connectivity index (χ0n) is 19.9. The molecule has 33 heavy (non-hydrogen) atoms. The minimum atomic E-state index is 0.588. The molecule has 0 aliphatic carbocycles. The number of piperidine rings is 1. The first-order valence-corrected chi connectivity index (χ1v) is 12.0. The third-order valence-electron chi connectivity index (χ3n) is 7.17. The summed E-state index contributed by atoms with van der Waals surface area (Å²) in [5.74, 6) is 1.07. The van der Waals surface area contributed by atoms with Crippen molar-refractivity contribution in [2.75, 3.05) is 55.9 Å². The predicted molar refractivity (Wildman–Crippen MR) is 134 cm³/mol. The van der Waals surface area contributed by atoms with Crippen molar-refractivity contribution in [1.82, 2.24) is 14.3 Å². The number of nitrogens with zero attached hydrogens (tertiary/aromatic N) is 6. The van der Waals surface area contributed by atoms with E-state index >= 15 is 0 Å². The molecule has 0 radical (unpaired) electrons. The van der Waals surface area contributed by atoms with E-state index in [1.807, 2.05) is 6.07 Å². The largest absolute Gasteiger partial charge is 0.383 e. The van der Waals surface area contributed by atoms with E-state index in [4.69, 9.17) is 4.98 Å². The van der Waals surface area contributed by atoms with Crippen LogP contribution in [0.3, 0.4) is 0 Å². The smallest absolute Gasteiger partial charge is 0.151 e. The fourth-order valence-corrected chi connectivity index (χ4v) is 5.33. The van der Waals surface area contributed by atoms with E-state index in [1.54, 1.807) is 0 Å². The van der Waals surface area contributed by atoms with Crippen LogP contribution in [0.25, 0.3) is 5.65 Å². The lowest BCUT2D eigenvalue weighted by molar-refractivity contribution is 0.249. The number of imidazole rings is 1. The minimum Gasteiger partial charge on any atom is -0.383 e. The molecule has 4 heterocycles. The van der Waals surface area contributed by atoms with Crippen LogP contribution in [-0.2, 0) is 13.0 Å². The van der Waals surface area contributed by atoms with Gasteiger partial charge >= 0.3 is 0 Å².